The number of benzene rings is 1. The number of hydrazone groups is 1. The number of nitrogens with one attached hydrogen (secondary N) is 2. The van der Waals surface area contributed by atoms with Gasteiger partial charge in [0.2, 0.25) is 0 Å². The third-order valence-corrected chi connectivity index (χ3v) is 5.32. The first-order chi connectivity index (χ1) is 12.9. The summed E-state index contributed by atoms with van der Waals surface area (Å²) in [4.78, 5) is 36.1. The van der Waals surface area contributed by atoms with Gasteiger partial charge in [-0.1, -0.05) is 15.9 Å². The molecule has 0 spiro atoms. The predicted octanol–water partition coefficient (Wildman–Crippen LogP) is 2.75. The summed E-state index contributed by atoms with van der Waals surface area (Å²) in [6.07, 6.45) is 4.47. The molecule has 1 fully saturated rings. The van der Waals surface area contributed by atoms with Gasteiger partial charge in [0.1, 0.15) is 6.10 Å². The molecule has 0 aromatic heterocycles. The quantitative estimate of drug-likeness (QED) is 0.318. The summed E-state index contributed by atoms with van der Waals surface area (Å²) >= 11 is 9.42. The average Bonchev–Trinajstić information content (AvgIpc) is 2.65. The Kier molecular flexibility index (Phi) is 6.28. The van der Waals surface area contributed by atoms with Crippen molar-refractivity contribution in [3.05, 3.63) is 40.6 Å². The Morgan fingerprint density at radius 1 is 1.22 bits per heavy atom. The summed E-state index contributed by atoms with van der Waals surface area (Å²) < 4.78 is 6.43. The molecule has 1 aliphatic heterocycles. The molecule has 1 aromatic rings. The van der Waals surface area contributed by atoms with Gasteiger partial charge in [-0.15, -0.1) is 11.6 Å². The minimum absolute atomic E-state index is 0.0444. The largest absolute Gasteiger partial charge is 0.496 e. The standard InChI is InChI=1S/C18H17BrClN3O4/c19-11-1-4-13(5-2-11)22-17(25)18(26)23-21-8-10-9-27-15-6-3-12(20)7-14(15)16(10)24/h1-2,4-5,8-9,12,14-15H,3,6-7H2,(H,22,25)(H,23,26)/b21-8+. The maximum Gasteiger partial charge on any atom is 0.329 e. The maximum absolute atomic E-state index is 12.5. The van der Waals surface area contributed by atoms with E-state index in [-0.39, 0.29) is 28.8 Å². The number of rotatable bonds is 3. The molecule has 1 heterocycles. The van der Waals surface area contributed by atoms with Crippen LogP contribution in [-0.2, 0) is 19.1 Å². The van der Waals surface area contributed by atoms with E-state index in [0.717, 1.165) is 17.3 Å². The second kappa shape index (κ2) is 8.67. The van der Waals surface area contributed by atoms with Crippen LogP contribution in [0.4, 0.5) is 5.69 Å². The highest BCUT2D eigenvalue weighted by atomic mass is 79.9. The second-order valence-corrected chi connectivity index (χ2v) is 7.82. The Labute approximate surface area is 169 Å². The number of alkyl halides is 1. The average molecular weight is 455 g/mol. The van der Waals surface area contributed by atoms with E-state index in [1.807, 2.05) is 0 Å². The molecule has 1 saturated carbocycles. The van der Waals surface area contributed by atoms with Crippen molar-refractivity contribution in [1.29, 1.82) is 0 Å². The van der Waals surface area contributed by atoms with Crippen LogP contribution in [0, 0.1) is 5.92 Å². The van der Waals surface area contributed by atoms with E-state index < -0.39 is 11.8 Å². The van der Waals surface area contributed by atoms with Gasteiger partial charge >= 0.3 is 11.8 Å². The summed E-state index contributed by atoms with van der Waals surface area (Å²) in [5.41, 5.74) is 2.80. The van der Waals surface area contributed by atoms with E-state index in [9.17, 15) is 14.4 Å². The molecular formula is C18H17BrClN3O4. The molecule has 0 saturated heterocycles. The number of ketones is 1. The number of amides is 2. The lowest BCUT2D eigenvalue weighted by Crippen LogP contribution is -2.40. The number of anilines is 1. The van der Waals surface area contributed by atoms with Gasteiger partial charge in [0.25, 0.3) is 0 Å². The minimum atomic E-state index is -0.949. The first kappa shape index (κ1) is 19.6. The van der Waals surface area contributed by atoms with E-state index in [4.69, 9.17) is 16.3 Å². The van der Waals surface area contributed by atoms with Crippen molar-refractivity contribution in [2.45, 2.75) is 30.7 Å². The van der Waals surface area contributed by atoms with Crippen molar-refractivity contribution in [2.24, 2.45) is 11.0 Å². The third kappa shape index (κ3) is 4.95. The lowest BCUT2D eigenvalue weighted by molar-refractivity contribution is -0.136. The molecule has 2 aliphatic rings. The van der Waals surface area contributed by atoms with Crippen LogP contribution in [0.2, 0.25) is 0 Å². The monoisotopic (exact) mass is 453 g/mol. The molecule has 2 amide bonds. The molecule has 3 atom stereocenters. The van der Waals surface area contributed by atoms with Gasteiger partial charge < -0.3 is 10.1 Å². The Balaban J connectivity index is 1.54. The van der Waals surface area contributed by atoms with Crippen molar-refractivity contribution in [3.63, 3.8) is 0 Å². The molecule has 3 rings (SSSR count). The zero-order chi connectivity index (χ0) is 19.4. The number of carbonyl (C=O) groups is 3. The number of allylic oxidation sites excluding steroid dienone is 1. The summed E-state index contributed by atoms with van der Waals surface area (Å²) in [5, 5.41) is 6.08. The fourth-order valence-electron chi connectivity index (χ4n) is 2.99. The molecule has 142 valence electrons. The summed E-state index contributed by atoms with van der Waals surface area (Å²) in [7, 11) is 0. The smallest absolute Gasteiger partial charge is 0.329 e. The summed E-state index contributed by atoms with van der Waals surface area (Å²) in [6, 6.07) is 6.76. The molecule has 2 N–H and O–H groups in total. The molecule has 0 radical (unpaired) electrons. The van der Waals surface area contributed by atoms with Crippen LogP contribution < -0.4 is 10.7 Å². The van der Waals surface area contributed by atoms with Crippen LogP contribution in [0.25, 0.3) is 0 Å². The molecule has 3 unspecified atom stereocenters. The Hall–Kier alpha value is -2.19. The third-order valence-electron chi connectivity index (χ3n) is 4.39. The molecule has 7 nitrogen and oxygen atoms in total. The van der Waals surface area contributed by atoms with Crippen LogP contribution in [0.15, 0.2) is 45.7 Å². The van der Waals surface area contributed by atoms with Crippen molar-refractivity contribution >= 4 is 57.0 Å². The highest BCUT2D eigenvalue weighted by Crippen LogP contribution is 2.34. The SMILES string of the molecule is O=C(N/N=C/C1=COC2CCC(Cl)CC2C1=O)C(=O)Nc1ccc(Br)cc1. The Morgan fingerprint density at radius 3 is 2.70 bits per heavy atom. The van der Waals surface area contributed by atoms with Gasteiger partial charge in [-0.05, 0) is 43.5 Å². The van der Waals surface area contributed by atoms with Crippen molar-refractivity contribution in [1.82, 2.24) is 5.43 Å². The second-order valence-electron chi connectivity index (χ2n) is 6.29. The van der Waals surface area contributed by atoms with Gasteiger partial charge in [0.05, 0.1) is 24.0 Å². The van der Waals surface area contributed by atoms with E-state index in [2.05, 4.69) is 31.8 Å². The number of ether oxygens (including phenoxy) is 1. The van der Waals surface area contributed by atoms with Gasteiger partial charge in [0.15, 0.2) is 5.78 Å². The predicted molar refractivity (Wildman–Crippen MR) is 104 cm³/mol. The number of carbonyl (C=O) groups excluding carboxylic acids is 3. The van der Waals surface area contributed by atoms with Gasteiger partial charge in [-0.3, -0.25) is 14.4 Å². The maximum atomic E-state index is 12.5. The fourth-order valence-corrected chi connectivity index (χ4v) is 3.57. The van der Waals surface area contributed by atoms with Crippen LogP contribution in [0.5, 0.6) is 0 Å². The van der Waals surface area contributed by atoms with E-state index in [0.29, 0.717) is 12.1 Å². The van der Waals surface area contributed by atoms with Crippen LogP contribution >= 0.6 is 27.5 Å². The molecule has 9 heteroatoms. The first-order valence-electron chi connectivity index (χ1n) is 8.38. The number of hydrogen-bond acceptors (Lipinski definition) is 5. The molecule has 27 heavy (non-hydrogen) atoms. The zero-order valence-electron chi connectivity index (χ0n) is 14.2. The van der Waals surface area contributed by atoms with Crippen LogP contribution in [0.1, 0.15) is 19.3 Å². The Morgan fingerprint density at radius 2 is 1.96 bits per heavy atom. The molecular weight excluding hydrogens is 438 g/mol. The van der Waals surface area contributed by atoms with Crippen molar-refractivity contribution in [2.75, 3.05) is 5.32 Å². The van der Waals surface area contributed by atoms with E-state index in [1.54, 1.807) is 24.3 Å². The number of Topliss-reactive ketones (excluding diaryl/α,β-unsaturated/α-hetero) is 1. The van der Waals surface area contributed by atoms with Crippen molar-refractivity contribution < 1.29 is 19.1 Å². The van der Waals surface area contributed by atoms with E-state index >= 15 is 0 Å². The topological polar surface area (TPSA) is 96.9 Å². The zero-order valence-corrected chi connectivity index (χ0v) is 16.5. The van der Waals surface area contributed by atoms with Gasteiger partial charge in [0, 0.05) is 15.5 Å². The summed E-state index contributed by atoms with van der Waals surface area (Å²) in [5.74, 6) is -2.24. The van der Waals surface area contributed by atoms with Crippen molar-refractivity contribution in [3.8, 4) is 0 Å². The lowest BCUT2D eigenvalue weighted by atomic mass is 9.80. The van der Waals surface area contributed by atoms with Gasteiger partial charge in [-0.2, -0.15) is 5.10 Å². The molecule has 1 aliphatic carbocycles. The normalized spacial score (nSPS) is 24.6. The minimum Gasteiger partial charge on any atom is -0.496 e. The molecule has 1 aromatic carbocycles. The van der Waals surface area contributed by atoms with Crippen LogP contribution in [0.3, 0.4) is 0 Å². The number of hydrogen-bond donors (Lipinski definition) is 2. The number of nitrogens with zero attached hydrogens (tertiary/aromatic N) is 1. The highest BCUT2D eigenvalue weighted by molar-refractivity contribution is 9.10. The summed E-state index contributed by atoms with van der Waals surface area (Å²) in [6.45, 7) is 0. The fraction of sp³-hybridized carbons (Fsp3) is 0.333. The van der Waals surface area contributed by atoms with Crippen LogP contribution in [-0.4, -0.2) is 35.3 Å². The number of halogens is 2. The Bertz CT molecular complexity index is 809. The first-order valence-corrected chi connectivity index (χ1v) is 9.61. The number of fused-ring (bicyclic) bond motifs is 1. The van der Waals surface area contributed by atoms with Gasteiger partial charge in [-0.25, -0.2) is 5.43 Å². The highest BCUT2D eigenvalue weighted by Gasteiger charge is 2.39. The lowest BCUT2D eigenvalue weighted by Gasteiger charge is -2.35. The van der Waals surface area contributed by atoms with E-state index in [1.165, 1.54) is 12.5 Å². The molecule has 0 bridgehead atoms.